The zero-order valence-electron chi connectivity index (χ0n) is 33.0. The van der Waals surface area contributed by atoms with Crippen LogP contribution >= 0.6 is 34.0 Å². The van der Waals surface area contributed by atoms with Crippen molar-refractivity contribution in [2.24, 2.45) is 11.8 Å². The highest BCUT2D eigenvalue weighted by atomic mass is 32.1. The van der Waals surface area contributed by atoms with Crippen LogP contribution in [0.5, 0.6) is 0 Å². The number of aryl methyl sites for hydroxylation is 2. The average molecular weight is 756 g/mol. The van der Waals surface area contributed by atoms with Gasteiger partial charge in [-0.3, -0.25) is 14.5 Å². The van der Waals surface area contributed by atoms with Crippen LogP contribution < -0.4 is 0 Å². The first kappa shape index (κ1) is 39.2. The number of amides is 2. The second-order valence-corrected chi connectivity index (χ2v) is 19.2. The van der Waals surface area contributed by atoms with Crippen LogP contribution in [0, 0.1) is 25.7 Å². The second-order valence-electron chi connectivity index (χ2n) is 15.6. The molecule has 0 saturated carbocycles. The third kappa shape index (κ3) is 7.96. The van der Waals surface area contributed by atoms with Crippen LogP contribution in [0.2, 0.25) is 0 Å². The van der Waals surface area contributed by atoms with Crippen LogP contribution in [0.15, 0.2) is 24.3 Å². The van der Waals surface area contributed by atoms with E-state index in [9.17, 15) is 9.59 Å². The normalized spacial score (nSPS) is 14.5. The summed E-state index contributed by atoms with van der Waals surface area (Å²) in [5, 5.41) is 5.41. The summed E-state index contributed by atoms with van der Waals surface area (Å²) in [6.45, 7) is 16.4. The van der Waals surface area contributed by atoms with Gasteiger partial charge in [0.15, 0.2) is 0 Å². The van der Waals surface area contributed by atoms with Gasteiger partial charge in [-0.1, -0.05) is 130 Å². The maximum absolute atomic E-state index is 14.0. The number of nitrogens with zero attached hydrogens (tertiary/aromatic N) is 1. The molecule has 2 unspecified atom stereocenters. The van der Waals surface area contributed by atoms with Crippen molar-refractivity contribution in [3.63, 3.8) is 0 Å². The Bertz CT molecular complexity index is 2030. The second kappa shape index (κ2) is 17.7. The number of hydrogen-bond donors (Lipinski definition) is 0. The van der Waals surface area contributed by atoms with Crippen LogP contribution in [-0.2, 0) is 12.8 Å². The first-order valence-electron chi connectivity index (χ1n) is 20.6. The zero-order valence-corrected chi connectivity index (χ0v) is 35.4. The van der Waals surface area contributed by atoms with E-state index in [2.05, 4.69) is 65.8 Å². The Morgan fingerprint density at radius 1 is 0.577 bits per heavy atom. The van der Waals surface area contributed by atoms with Crippen LogP contribution in [-0.4, -0.2) is 23.3 Å². The molecule has 280 valence electrons. The predicted octanol–water partition coefficient (Wildman–Crippen LogP) is 15.1. The molecule has 3 nitrogen and oxygen atoms in total. The lowest BCUT2D eigenvalue weighted by molar-refractivity contribution is 0.0651. The van der Waals surface area contributed by atoms with E-state index < -0.39 is 0 Å². The van der Waals surface area contributed by atoms with E-state index in [0.29, 0.717) is 29.5 Å². The number of unbranched alkanes of at least 4 members (excludes halogenated alkanes) is 7. The lowest BCUT2D eigenvalue weighted by atomic mass is 9.83. The predicted molar refractivity (Wildman–Crippen MR) is 230 cm³/mol. The summed E-state index contributed by atoms with van der Waals surface area (Å²) >= 11 is 5.36. The van der Waals surface area contributed by atoms with Crippen molar-refractivity contribution in [2.75, 3.05) is 6.54 Å². The Labute approximate surface area is 325 Å². The smallest absolute Gasteiger partial charge is 0.263 e. The standard InChI is InChI=1S/C46H61NO2S3/c1-8-13-16-17-18-19-22-47-45(48)40-30(7)51-44(41(40)46(47)49)39-28-38-36-27-34(25-32(12-5)21-15-10-3)33(24-31(11-4)20-14-9-2)26-35(36)37-23-29(6)50-42(37)43(38)52-39/h23,26-28,31-32H,8-22,24-25H2,1-7H3. The van der Waals surface area contributed by atoms with Gasteiger partial charge in [-0.25, -0.2) is 0 Å². The van der Waals surface area contributed by atoms with Crippen LogP contribution in [0.4, 0.5) is 0 Å². The van der Waals surface area contributed by atoms with Gasteiger partial charge in [0.1, 0.15) is 0 Å². The van der Waals surface area contributed by atoms with Gasteiger partial charge < -0.3 is 0 Å². The molecule has 0 fully saturated rings. The van der Waals surface area contributed by atoms with Crippen molar-refractivity contribution in [3.8, 4) is 9.75 Å². The summed E-state index contributed by atoms with van der Waals surface area (Å²) in [4.78, 5) is 33.6. The summed E-state index contributed by atoms with van der Waals surface area (Å²) in [5.74, 6) is 1.23. The largest absolute Gasteiger partial charge is 0.274 e. The minimum atomic E-state index is -0.0921. The van der Waals surface area contributed by atoms with Crippen molar-refractivity contribution in [1.82, 2.24) is 4.90 Å². The highest BCUT2D eigenvalue weighted by molar-refractivity contribution is 7.31. The van der Waals surface area contributed by atoms with Gasteiger partial charge >= 0.3 is 0 Å². The van der Waals surface area contributed by atoms with Crippen LogP contribution in [0.25, 0.3) is 40.7 Å². The third-order valence-corrected chi connectivity index (χ3v) is 15.4. The van der Waals surface area contributed by atoms with Crippen molar-refractivity contribution in [1.29, 1.82) is 0 Å². The van der Waals surface area contributed by atoms with Crippen molar-refractivity contribution >= 4 is 76.8 Å². The number of imide groups is 1. The minimum Gasteiger partial charge on any atom is -0.274 e. The molecule has 0 spiro atoms. The Morgan fingerprint density at radius 2 is 1.12 bits per heavy atom. The lowest BCUT2D eigenvalue weighted by Crippen LogP contribution is -2.31. The fourth-order valence-corrected chi connectivity index (χ4v) is 12.2. The van der Waals surface area contributed by atoms with Gasteiger partial charge in [0, 0.05) is 31.9 Å². The van der Waals surface area contributed by atoms with Gasteiger partial charge in [0.25, 0.3) is 11.8 Å². The SMILES string of the molecule is CCCCCCCCN1C(=O)c2c(C)sc(-c3cc4c5cc(CC(CC)CCCC)c(CC(CC)CCCC)cc5c5cc(C)sc5c4s3)c2C1=O. The van der Waals surface area contributed by atoms with Crippen molar-refractivity contribution < 1.29 is 9.59 Å². The maximum atomic E-state index is 14.0. The minimum absolute atomic E-state index is 0.0913. The molecule has 6 heteroatoms. The molecule has 4 heterocycles. The van der Waals surface area contributed by atoms with Crippen LogP contribution in [0.3, 0.4) is 0 Å². The number of carbonyl (C=O) groups excluding carboxylic acids is 2. The molecule has 1 aliphatic heterocycles. The molecule has 2 atom stereocenters. The molecule has 0 radical (unpaired) electrons. The highest BCUT2D eigenvalue weighted by Crippen LogP contribution is 2.50. The first-order valence-corrected chi connectivity index (χ1v) is 23.1. The lowest BCUT2D eigenvalue weighted by Gasteiger charge is -2.22. The number of fused-ring (bicyclic) bond motifs is 7. The molecule has 5 aromatic rings. The quantitative estimate of drug-likeness (QED) is 0.0586. The Morgan fingerprint density at radius 3 is 1.71 bits per heavy atom. The molecular weight excluding hydrogens is 695 g/mol. The number of thiophene rings is 3. The molecule has 0 saturated heterocycles. The van der Waals surface area contributed by atoms with E-state index in [1.54, 1.807) is 22.5 Å². The fourth-order valence-electron chi connectivity index (χ4n) is 8.57. The van der Waals surface area contributed by atoms with E-state index in [-0.39, 0.29) is 11.8 Å². The molecule has 52 heavy (non-hydrogen) atoms. The van der Waals surface area contributed by atoms with E-state index >= 15 is 0 Å². The molecular formula is C46H61NO2S3. The number of hydrogen-bond acceptors (Lipinski definition) is 5. The molecule has 3 aromatic heterocycles. The maximum Gasteiger partial charge on any atom is 0.263 e. The van der Waals surface area contributed by atoms with Crippen molar-refractivity contribution in [2.45, 2.75) is 151 Å². The van der Waals surface area contributed by atoms with Gasteiger partial charge in [-0.2, -0.15) is 0 Å². The van der Waals surface area contributed by atoms with Gasteiger partial charge in [-0.05, 0) is 79.0 Å². The molecule has 0 bridgehead atoms. The number of benzene rings is 2. The zero-order chi connectivity index (χ0) is 36.9. The average Bonchev–Trinajstić information content (AvgIpc) is 3.90. The third-order valence-electron chi connectivity index (χ3n) is 11.8. The summed E-state index contributed by atoms with van der Waals surface area (Å²) in [6.07, 6.45) is 19.3. The highest BCUT2D eigenvalue weighted by Gasteiger charge is 2.41. The Balaban J connectivity index is 1.45. The summed E-state index contributed by atoms with van der Waals surface area (Å²) in [6, 6.07) is 9.94. The fraction of sp³-hybridized carbons (Fsp3) is 0.565. The van der Waals surface area contributed by atoms with E-state index in [1.807, 2.05) is 29.6 Å². The van der Waals surface area contributed by atoms with Crippen LogP contribution in [0.1, 0.15) is 166 Å². The van der Waals surface area contributed by atoms with E-state index in [0.717, 1.165) is 40.3 Å². The topological polar surface area (TPSA) is 37.4 Å². The molecule has 2 aromatic carbocycles. The molecule has 1 aliphatic rings. The summed E-state index contributed by atoms with van der Waals surface area (Å²) in [7, 11) is 0. The molecule has 0 aliphatic carbocycles. The van der Waals surface area contributed by atoms with Gasteiger partial charge in [0.2, 0.25) is 0 Å². The summed E-state index contributed by atoms with van der Waals surface area (Å²) in [5.41, 5.74) is 4.40. The number of carbonyl (C=O) groups is 2. The van der Waals surface area contributed by atoms with Crippen molar-refractivity contribution in [3.05, 3.63) is 56.3 Å². The molecule has 6 rings (SSSR count). The summed E-state index contributed by atoms with van der Waals surface area (Å²) < 4.78 is 2.68. The van der Waals surface area contributed by atoms with E-state index in [4.69, 9.17) is 0 Å². The molecule has 2 amide bonds. The number of rotatable bonds is 20. The van der Waals surface area contributed by atoms with E-state index in [1.165, 1.54) is 118 Å². The van der Waals surface area contributed by atoms with Gasteiger partial charge in [-0.15, -0.1) is 34.0 Å². The van der Waals surface area contributed by atoms with Gasteiger partial charge in [0.05, 0.1) is 25.4 Å². The Kier molecular flexibility index (Phi) is 13.4. The first-order chi connectivity index (χ1) is 25.2. The molecule has 0 N–H and O–H groups in total. The Hall–Kier alpha value is -2.54. The monoisotopic (exact) mass is 755 g/mol.